The Hall–Kier alpha value is -2.90. The highest BCUT2D eigenvalue weighted by Crippen LogP contribution is 2.33. The molecular weight excluding hydrogens is 353 g/mol. The van der Waals surface area contributed by atoms with Crippen molar-refractivity contribution >= 4 is 5.82 Å². The lowest BCUT2D eigenvalue weighted by Gasteiger charge is -2.09. The monoisotopic (exact) mass is 367 g/mol. The fourth-order valence-corrected chi connectivity index (χ4v) is 2.54. The van der Waals surface area contributed by atoms with Gasteiger partial charge in [0, 0.05) is 42.8 Å². The number of nitrogens with zero attached hydrogens (tertiary/aromatic N) is 2. The summed E-state index contributed by atoms with van der Waals surface area (Å²) in [6, 6.07) is 7.75. The number of aryl methyl sites for hydroxylation is 1. The van der Waals surface area contributed by atoms with Crippen LogP contribution in [0.4, 0.5) is 27.8 Å². The van der Waals surface area contributed by atoms with Crippen molar-refractivity contribution < 1.29 is 22.0 Å². The van der Waals surface area contributed by atoms with E-state index in [1.54, 1.807) is 6.07 Å². The van der Waals surface area contributed by atoms with Gasteiger partial charge in [0.25, 0.3) is 0 Å². The first-order valence-corrected chi connectivity index (χ1v) is 7.62. The van der Waals surface area contributed by atoms with Crippen LogP contribution in [0.5, 0.6) is 0 Å². The van der Waals surface area contributed by atoms with E-state index in [-0.39, 0.29) is 12.1 Å². The first-order valence-electron chi connectivity index (χ1n) is 7.62. The molecule has 0 aliphatic heterocycles. The van der Waals surface area contributed by atoms with Gasteiger partial charge in [-0.15, -0.1) is 0 Å². The molecule has 0 atom stereocenters. The van der Waals surface area contributed by atoms with E-state index in [1.807, 2.05) is 0 Å². The molecule has 1 N–H and O–H groups in total. The molecule has 26 heavy (non-hydrogen) atoms. The zero-order valence-electron chi connectivity index (χ0n) is 13.6. The van der Waals surface area contributed by atoms with Gasteiger partial charge in [0.1, 0.15) is 17.5 Å². The molecule has 0 radical (unpaired) electrons. The van der Waals surface area contributed by atoms with Gasteiger partial charge in [-0.3, -0.25) is 0 Å². The lowest BCUT2D eigenvalue weighted by molar-refractivity contribution is -0.137. The van der Waals surface area contributed by atoms with E-state index in [2.05, 4.69) is 10.3 Å². The maximum atomic E-state index is 13.6. The molecule has 8 heteroatoms. The number of hydrogen-bond acceptors (Lipinski definition) is 2. The largest absolute Gasteiger partial charge is 0.417 e. The highest BCUT2D eigenvalue weighted by atomic mass is 19.4. The molecular formula is C18H14F5N3. The van der Waals surface area contributed by atoms with E-state index in [0.29, 0.717) is 17.1 Å². The molecule has 2 heterocycles. The minimum atomic E-state index is -4.42. The van der Waals surface area contributed by atoms with Gasteiger partial charge >= 0.3 is 6.18 Å². The van der Waals surface area contributed by atoms with Crippen LogP contribution in [0.1, 0.15) is 11.1 Å². The maximum Gasteiger partial charge on any atom is 0.417 e. The number of rotatable bonds is 4. The number of halogens is 5. The Kier molecular flexibility index (Phi) is 4.67. The van der Waals surface area contributed by atoms with Gasteiger partial charge in [-0.25, -0.2) is 13.8 Å². The standard InChI is InChI=1S/C18H14F5N3/c1-26-10-12(18(21,22)23)7-16(26)11-5-6-17(24-8-11)25-9-13-14(19)3-2-4-15(13)20/h2-8,10H,9H2,1H3,(H,24,25). The first kappa shape index (κ1) is 17.9. The number of nitrogens with one attached hydrogen (secondary N) is 1. The molecule has 0 spiro atoms. The van der Waals surface area contributed by atoms with E-state index in [4.69, 9.17) is 0 Å². The van der Waals surface area contributed by atoms with Gasteiger partial charge in [0.15, 0.2) is 0 Å². The maximum absolute atomic E-state index is 13.6. The van der Waals surface area contributed by atoms with Crippen LogP contribution in [-0.2, 0) is 19.8 Å². The molecule has 0 aliphatic rings. The molecule has 136 valence electrons. The molecule has 3 aromatic rings. The Morgan fingerprint density at radius 3 is 2.31 bits per heavy atom. The highest BCUT2D eigenvalue weighted by molar-refractivity contribution is 5.62. The Labute approximate surface area is 146 Å². The van der Waals surface area contributed by atoms with Crippen LogP contribution in [0.2, 0.25) is 0 Å². The van der Waals surface area contributed by atoms with Crippen molar-refractivity contribution in [2.75, 3.05) is 5.32 Å². The Morgan fingerprint density at radius 1 is 1.08 bits per heavy atom. The average molecular weight is 367 g/mol. The quantitative estimate of drug-likeness (QED) is 0.658. The molecule has 3 rings (SSSR count). The van der Waals surface area contributed by atoms with E-state index < -0.39 is 23.4 Å². The van der Waals surface area contributed by atoms with E-state index in [9.17, 15) is 22.0 Å². The van der Waals surface area contributed by atoms with Crippen molar-refractivity contribution in [1.82, 2.24) is 9.55 Å². The summed E-state index contributed by atoms with van der Waals surface area (Å²) in [5, 5.41) is 2.79. The number of pyridine rings is 1. The van der Waals surface area contributed by atoms with Crippen LogP contribution in [0.15, 0.2) is 48.8 Å². The topological polar surface area (TPSA) is 29.9 Å². The van der Waals surface area contributed by atoms with E-state index in [1.165, 1.54) is 29.9 Å². The number of anilines is 1. The van der Waals surface area contributed by atoms with Crippen molar-refractivity contribution in [1.29, 1.82) is 0 Å². The summed E-state index contributed by atoms with van der Waals surface area (Å²) in [7, 11) is 1.51. The van der Waals surface area contributed by atoms with Gasteiger partial charge in [0.2, 0.25) is 0 Å². The zero-order chi connectivity index (χ0) is 18.9. The molecule has 0 fully saturated rings. The van der Waals surface area contributed by atoms with Gasteiger partial charge in [-0.05, 0) is 30.3 Å². The Bertz CT molecular complexity index is 893. The van der Waals surface area contributed by atoms with Crippen LogP contribution in [-0.4, -0.2) is 9.55 Å². The Balaban J connectivity index is 1.76. The fourth-order valence-electron chi connectivity index (χ4n) is 2.54. The minimum absolute atomic E-state index is 0.104. The molecule has 1 aromatic carbocycles. The predicted octanol–water partition coefficient (Wildman–Crippen LogP) is 5.00. The average Bonchev–Trinajstić information content (AvgIpc) is 2.97. The van der Waals surface area contributed by atoms with Crippen molar-refractivity contribution in [2.24, 2.45) is 7.05 Å². The second-order valence-corrected chi connectivity index (χ2v) is 5.71. The summed E-state index contributed by atoms with van der Waals surface area (Å²) in [5.74, 6) is -0.989. The second kappa shape index (κ2) is 6.78. The molecule has 0 saturated heterocycles. The first-order chi connectivity index (χ1) is 12.3. The highest BCUT2D eigenvalue weighted by Gasteiger charge is 2.32. The summed E-state index contributed by atoms with van der Waals surface area (Å²) in [6.07, 6.45) is -2.02. The summed E-state index contributed by atoms with van der Waals surface area (Å²) in [4.78, 5) is 4.09. The van der Waals surface area contributed by atoms with E-state index in [0.717, 1.165) is 24.4 Å². The van der Waals surface area contributed by atoms with Crippen molar-refractivity contribution in [3.8, 4) is 11.3 Å². The number of benzene rings is 1. The van der Waals surface area contributed by atoms with Crippen molar-refractivity contribution in [3.05, 3.63) is 71.6 Å². The van der Waals surface area contributed by atoms with Gasteiger partial charge in [0.05, 0.1) is 5.56 Å². The normalized spacial score (nSPS) is 11.6. The third-order valence-electron chi connectivity index (χ3n) is 3.90. The van der Waals surface area contributed by atoms with E-state index >= 15 is 0 Å². The van der Waals surface area contributed by atoms with Crippen molar-refractivity contribution in [2.45, 2.75) is 12.7 Å². The summed E-state index contributed by atoms with van der Waals surface area (Å²) >= 11 is 0. The third-order valence-corrected chi connectivity index (χ3v) is 3.90. The SMILES string of the molecule is Cn1cc(C(F)(F)F)cc1-c1ccc(NCc2c(F)cccc2F)nc1. The zero-order valence-corrected chi connectivity index (χ0v) is 13.6. The summed E-state index contributed by atoms with van der Waals surface area (Å²) < 4.78 is 66.9. The molecule has 0 aliphatic carbocycles. The van der Waals surface area contributed by atoms with Crippen molar-refractivity contribution in [3.63, 3.8) is 0 Å². The van der Waals surface area contributed by atoms with Crippen LogP contribution in [0.3, 0.4) is 0 Å². The number of hydrogen-bond donors (Lipinski definition) is 1. The number of aromatic nitrogens is 2. The van der Waals surface area contributed by atoms with Crippen LogP contribution in [0.25, 0.3) is 11.3 Å². The molecule has 0 unspecified atom stereocenters. The van der Waals surface area contributed by atoms with Gasteiger partial charge < -0.3 is 9.88 Å². The third kappa shape index (κ3) is 3.68. The summed E-state index contributed by atoms with van der Waals surface area (Å²) in [5.41, 5.74) is -0.00925. The smallest absolute Gasteiger partial charge is 0.366 e. The van der Waals surface area contributed by atoms with Gasteiger partial charge in [-0.1, -0.05) is 6.07 Å². The molecule has 3 nitrogen and oxygen atoms in total. The molecule has 2 aromatic heterocycles. The summed E-state index contributed by atoms with van der Waals surface area (Å²) in [6.45, 7) is -0.104. The van der Waals surface area contributed by atoms with Crippen LogP contribution in [0, 0.1) is 11.6 Å². The molecule has 0 saturated carbocycles. The van der Waals surface area contributed by atoms with Gasteiger partial charge in [-0.2, -0.15) is 13.2 Å². The Morgan fingerprint density at radius 2 is 1.77 bits per heavy atom. The fraction of sp³-hybridized carbons (Fsp3) is 0.167. The van der Waals surface area contributed by atoms with Crippen LogP contribution < -0.4 is 5.32 Å². The minimum Gasteiger partial charge on any atom is -0.366 e. The molecule has 0 bridgehead atoms. The lowest BCUT2D eigenvalue weighted by atomic mass is 10.2. The lowest BCUT2D eigenvalue weighted by Crippen LogP contribution is -2.05. The van der Waals surface area contributed by atoms with Crippen LogP contribution >= 0.6 is 0 Å². The number of alkyl halides is 3. The second-order valence-electron chi connectivity index (χ2n) is 5.71. The predicted molar refractivity (Wildman–Crippen MR) is 87.3 cm³/mol. The molecule has 0 amide bonds.